The van der Waals surface area contributed by atoms with E-state index in [0.29, 0.717) is 12.0 Å². The van der Waals surface area contributed by atoms with E-state index in [0.717, 1.165) is 7.57 Å². The van der Waals surface area contributed by atoms with E-state index in [1.807, 2.05) is 6.92 Å². The van der Waals surface area contributed by atoms with Crippen LogP contribution in [-0.2, 0) is 0 Å². The third kappa shape index (κ3) is 3.63. The van der Waals surface area contributed by atoms with Gasteiger partial charge in [0.25, 0.3) is 5.91 Å². The summed E-state index contributed by atoms with van der Waals surface area (Å²) in [6.07, 6.45) is 5.70. The van der Waals surface area contributed by atoms with Crippen LogP contribution in [0.1, 0.15) is 23.7 Å². The zero-order valence-corrected chi connectivity index (χ0v) is 12.0. The van der Waals surface area contributed by atoms with E-state index in [2.05, 4.69) is 43.1 Å². The lowest BCUT2D eigenvalue weighted by molar-refractivity contribution is 0.0940. The van der Waals surface area contributed by atoms with Crippen molar-refractivity contribution >= 4 is 49.1 Å². The third-order valence-corrected chi connectivity index (χ3v) is 4.04. The van der Waals surface area contributed by atoms with Crippen LogP contribution in [-0.4, -0.2) is 11.9 Å². The zero-order chi connectivity index (χ0) is 11.4. The minimum Gasteiger partial charge on any atom is -0.349 e. The first-order valence-electron chi connectivity index (χ1n) is 4.23. The van der Waals surface area contributed by atoms with Gasteiger partial charge in [-0.1, -0.05) is 0 Å². The number of thiophene rings is 1. The second kappa shape index (κ2) is 5.69. The minimum absolute atomic E-state index is 0.00641. The van der Waals surface area contributed by atoms with E-state index in [1.165, 1.54) is 11.3 Å². The van der Waals surface area contributed by atoms with Crippen molar-refractivity contribution < 1.29 is 4.79 Å². The maximum absolute atomic E-state index is 11.7. The molecular weight excluding hydrogens is 342 g/mol. The molecule has 1 atom stereocenters. The Morgan fingerprint density at radius 1 is 1.73 bits per heavy atom. The van der Waals surface area contributed by atoms with Crippen molar-refractivity contribution in [1.82, 2.24) is 5.32 Å². The Balaban J connectivity index is 2.70. The molecule has 2 nitrogen and oxygen atoms in total. The third-order valence-electron chi connectivity index (χ3n) is 1.70. The molecule has 0 aromatic carbocycles. The fourth-order valence-corrected chi connectivity index (χ4v) is 3.82. The maximum atomic E-state index is 11.7. The van der Waals surface area contributed by atoms with Crippen molar-refractivity contribution in [1.29, 1.82) is 0 Å². The topological polar surface area (TPSA) is 29.1 Å². The molecule has 1 amide bonds. The highest BCUT2D eigenvalue weighted by atomic mass is 79.9. The normalized spacial score (nSPS) is 11.9. The molecule has 1 unspecified atom stereocenters. The van der Waals surface area contributed by atoms with E-state index < -0.39 is 0 Å². The predicted molar refractivity (Wildman–Crippen MR) is 70.1 cm³/mol. The summed E-state index contributed by atoms with van der Waals surface area (Å²) in [7, 11) is 0. The summed E-state index contributed by atoms with van der Waals surface area (Å²) in [5.41, 5.74) is 0.635. The van der Waals surface area contributed by atoms with Crippen LogP contribution >= 0.6 is 43.2 Å². The second-order valence-corrected chi connectivity index (χ2v) is 6.77. The SMILES string of the molecule is C#CCC(C)NC(=O)c1cc(Br)sc1Br. The molecule has 15 heavy (non-hydrogen) atoms. The molecule has 0 aliphatic heterocycles. The number of carbonyl (C=O) groups is 1. The highest BCUT2D eigenvalue weighted by Crippen LogP contribution is 2.31. The van der Waals surface area contributed by atoms with Gasteiger partial charge < -0.3 is 5.32 Å². The van der Waals surface area contributed by atoms with E-state index in [9.17, 15) is 4.79 Å². The summed E-state index contributed by atoms with van der Waals surface area (Å²) in [5, 5.41) is 2.83. The number of halogens is 2. The van der Waals surface area contributed by atoms with Crippen molar-refractivity contribution in [2.24, 2.45) is 0 Å². The Hall–Kier alpha value is -0.310. The van der Waals surface area contributed by atoms with E-state index in [1.54, 1.807) is 6.07 Å². The Labute approximate surface area is 110 Å². The molecule has 80 valence electrons. The smallest absolute Gasteiger partial charge is 0.253 e. The van der Waals surface area contributed by atoms with Crippen LogP contribution in [0.3, 0.4) is 0 Å². The Morgan fingerprint density at radius 3 is 2.87 bits per heavy atom. The van der Waals surface area contributed by atoms with E-state index in [4.69, 9.17) is 6.42 Å². The highest BCUT2D eigenvalue weighted by molar-refractivity contribution is 9.12. The van der Waals surface area contributed by atoms with Crippen LogP contribution in [0.5, 0.6) is 0 Å². The summed E-state index contributed by atoms with van der Waals surface area (Å²) in [6, 6.07) is 1.78. The van der Waals surface area contributed by atoms with Crippen molar-refractivity contribution in [3.05, 3.63) is 19.2 Å². The van der Waals surface area contributed by atoms with Gasteiger partial charge in [-0.2, -0.15) is 0 Å². The van der Waals surface area contributed by atoms with Crippen molar-refractivity contribution in [3.63, 3.8) is 0 Å². The molecule has 0 aliphatic carbocycles. The molecule has 1 rings (SSSR count). The molecule has 0 saturated heterocycles. The summed E-state index contributed by atoms with van der Waals surface area (Å²) >= 11 is 8.13. The monoisotopic (exact) mass is 349 g/mol. The van der Waals surface area contributed by atoms with Crippen molar-refractivity contribution in [2.45, 2.75) is 19.4 Å². The number of hydrogen-bond donors (Lipinski definition) is 1. The van der Waals surface area contributed by atoms with Gasteiger partial charge in [0.1, 0.15) is 0 Å². The lowest BCUT2D eigenvalue weighted by Gasteiger charge is -2.09. The molecule has 0 radical (unpaired) electrons. The first-order chi connectivity index (χ1) is 7.04. The number of carbonyl (C=O) groups excluding carboxylic acids is 1. The summed E-state index contributed by atoms with van der Waals surface area (Å²) in [4.78, 5) is 11.7. The van der Waals surface area contributed by atoms with Gasteiger partial charge >= 0.3 is 0 Å². The molecular formula is C10H9Br2NOS. The van der Waals surface area contributed by atoms with Gasteiger partial charge in [-0.3, -0.25) is 4.79 Å². The van der Waals surface area contributed by atoms with Gasteiger partial charge in [0.15, 0.2) is 0 Å². The minimum atomic E-state index is -0.105. The van der Waals surface area contributed by atoms with Gasteiger partial charge in [-0.15, -0.1) is 23.7 Å². The Kier molecular flexibility index (Phi) is 4.84. The average Bonchev–Trinajstić information content (AvgIpc) is 2.45. The maximum Gasteiger partial charge on any atom is 0.253 e. The lowest BCUT2D eigenvalue weighted by atomic mass is 10.2. The molecule has 1 aromatic heterocycles. The molecule has 1 heterocycles. The number of nitrogens with one attached hydrogen (secondary N) is 1. The highest BCUT2D eigenvalue weighted by Gasteiger charge is 2.14. The Bertz CT molecular complexity index is 408. The first kappa shape index (κ1) is 12.8. The molecule has 0 fully saturated rings. The first-order valence-corrected chi connectivity index (χ1v) is 6.64. The van der Waals surface area contributed by atoms with E-state index in [-0.39, 0.29) is 11.9 Å². The van der Waals surface area contributed by atoms with Gasteiger partial charge in [0.2, 0.25) is 0 Å². The quantitative estimate of drug-likeness (QED) is 0.831. The van der Waals surface area contributed by atoms with Gasteiger partial charge in [-0.05, 0) is 44.8 Å². The second-order valence-electron chi connectivity index (χ2n) is 3.02. The number of rotatable bonds is 3. The zero-order valence-electron chi connectivity index (χ0n) is 8.01. The molecule has 1 aromatic rings. The molecule has 0 saturated carbocycles. The molecule has 0 spiro atoms. The van der Waals surface area contributed by atoms with Gasteiger partial charge in [0.05, 0.1) is 13.1 Å². The number of terminal acetylenes is 1. The Morgan fingerprint density at radius 2 is 2.40 bits per heavy atom. The standard InChI is InChI=1S/C10H9Br2NOS/c1-3-4-6(2)13-10(14)7-5-8(11)15-9(7)12/h1,5-6H,4H2,2H3,(H,13,14). The number of amides is 1. The van der Waals surface area contributed by atoms with E-state index >= 15 is 0 Å². The summed E-state index contributed by atoms with van der Waals surface area (Å²) in [6.45, 7) is 1.88. The van der Waals surface area contributed by atoms with Crippen molar-refractivity contribution in [3.8, 4) is 12.3 Å². The molecule has 0 bridgehead atoms. The molecule has 1 N–H and O–H groups in total. The predicted octanol–water partition coefficient (Wildman–Crippen LogP) is 3.41. The van der Waals surface area contributed by atoms with Crippen LogP contribution in [0.2, 0.25) is 0 Å². The van der Waals surface area contributed by atoms with Crippen LogP contribution in [0.25, 0.3) is 0 Å². The fourth-order valence-electron chi connectivity index (χ4n) is 1.02. The number of hydrogen-bond acceptors (Lipinski definition) is 2. The average molecular weight is 351 g/mol. The summed E-state index contributed by atoms with van der Waals surface area (Å²) in [5.74, 6) is 2.41. The molecule has 5 heteroatoms. The largest absolute Gasteiger partial charge is 0.349 e. The van der Waals surface area contributed by atoms with Gasteiger partial charge in [0, 0.05) is 12.5 Å². The van der Waals surface area contributed by atoms with Crippen LogP contribution in [0.15, 0.2) is 13.6 Å². The van der Waals surface area contributed by atoms with Crippen LogP contribution in [0, 0.1) is 12.3 Å². The van der Waals surface area contributed by atoms with Gasteiger partial charge in [-0.25, -0.2) is 0 Å². The van der Waals surface area contributed by atoms with Crippen LogP contribution < -0.4 is 5.32 Å². The fraction of sp³-hybridized carbons (Fsp3) is 0.300. The summed E-state index contributed by atoms with van der Waals surface area (Å²) < 4.78 is 1.74. The lowest BCUT2D eigenvalue weighted by Crippen LogP contribution is -2.32. The van der Waals surface area contributed by atoms with Crippen molar-refractivity contribution in [2.75, 3.05) is 0 Å². The van der Waals surface area contributed by atoms with Crippen LogP contribution in [0.4, 0.5) is 0 Å². The molecule has 0 aliphatic rings.